The number of nitrogens with one attached hydrogen (secondary N) is 1. The van der Waals surface area contributed by atoms with Crippen molar-refractivity contribution in [3.8, 4) is 0 Å². The van der Waals surface area contributed by atoms with Crippen LogP contribution in [0.5, 0.6) is 0 Å². The molecular formula is C20H27N7. The van der Waals surface area contributed by atoms with Gasteiger partial charge in [0, 0.05) is 57.9 Å². The zero-order valence-corrected chi connectivity index (χ0v) is 16.0. The molecule has 27 heavy (non-hydrogen) atoms. The third-order valence-electron chi connectivity index (χ3n) is 5.42. The predicted molar refractivity (Wildman–Crippen MR) is 107 cm³/mol. The molecule has 7 heteroatoms. The summed E-state index contributed by atoms with van der Waals surface area (Å²) in [7, 11) is 1.86. The number of hydrogen-bond acceptors (Lipinski definition) is 3. The van der Waals surface area contributed by atoms with Gasteiger partial charge in [0.05, 0.1) is 18.1 Å². The van der Waals surface area contributed by atoms with Crippen LogP contribution in [0.3, 0.4) is 0 Å². The van der Waals surface area contributed by atoms with Crippen LogP contribution in [0.1, 0.15) is 25.1 Å². The van der Waals surface area contributed by atoms with Gasteiger partial charge in [-0.2, -0.15) is 0 Å². The molecule has 1 saturated heterocycles. The van der Waals surface area contributed by atoms with Crippen molar-refractivity contribution < 1.29 is 0 Å². The summed E-state index contributed by atoms with van der Waals surface area (Å²) in [5.41, 5.74) is 2.08. The van der Waals surface area contributed by atoms with E-state index in [4.69, 9.17) is 0 Å². The van der Waals surface area contributed by atoms with E-state index >= 15 is 0 Å². The lowest BCUT2D eigenvalue weighted by Gasteiger charge is -2.39. The van der Waals surface area contributed by atoms with Crippen LogP contribution in [-0.2, 0) is 6.42 Å². The maximum absolute atomic E-state index is 4.66. The molecule has 0 spiro atoms. The molecule has 0 amide bonds. The Bertz CT molecular complexity index is 863. The lowest BCUT2D eigenvalue weighted by atomic mass is 9.93. The smallest absolute Gasteiger partial charge is 0.193 e. The van der Waals surface area contributed by atoms with Gasteiger partial charge in [-0.1, -0.05) is 13.0 Å². The van der Waals surface area contributed by atoms with Crippen LogP contribution in [0.15, 0.2) is 54.3 Å². The van der Waals surface area contributed by atoms with Gasteiger partial charge in [-0.05, 0) is 24.5 Å². The maximum Gasteiger partial charge on any atom is 0.193 e. The van der Waals surface area contributed by atoms with Crippen LogP contribution >= 0.6 is 0 Å². The first-order valence-corrected chi connectivity index (χ1v) is 9.60. The predicted octanol–water partition coefficient (Wildman–Crippen LogP) is 2.23. The normalized spacial score (nSPS) is 21.0. The topological polar surface area (TPSA) is 62.8 Å². The molecule has 1 N–H and O–H groups in total. The van der Waals surface area contributed by atoms with Gasteiger partial charge in [-0.3, -0.25) is 4.99 Å². The Labute approximate surface area is 159 Å². The number of aromatic nitrogens is 4. The highest BCUT2D eigenvalue weighted by Gasteiger charge is 2.28. The van der Waals surface area contributed by atoms with Crippen molar-refractivity contribution in [1.82, 2.24) is 29.2 Å². The van der Waals surface area contributed by atoms with Gasteiger partial charge in [-0.15, -0.1) is 0 Å². The number of likely N-dealkylation sites (tertiary alicyclic amines) is 1. The molecule has 0 aromatic carbocycles. The quantitative estimate of drug-likeness (QED) is 0.569. The van der Waals surface area contributed by atoms with Crippen LogP contribution in [-0.4, -0.2) is 56.5 Å². The minimum Gasteiger partial charge on any atom is -0.356 e. The average molecular weight is 365 g/mol. The van der Waals surface area contributed by atoms with E-state index in [2.05, 4.69) is 53.5 Å². The van der Waals surface area contributed by atoms with Crippen LogP contribution in [0.2, 0.25) is 0 Å². The molecule has 1 fully saturated rings. The fraction of sp³-hybridized carbons (Fsp3) is 0.450. The molecule has 7 nitrogen and oxygen atoms in total. The number of piperidine rings is 1. The molecule has 2 atom stereocenters. The summed E-state index contributed by atoms with van der Waals surface area (Å²) in [4.78, 5) is 15.7. The first kappa shape index (κ1) is 17.6. The first-order valence-electron chi connectivity index (χ1n) is 9.60. The fourth-order valence-corrected chi connectivity index (χ4v) is 3.84. The van der Waals surface area contributed by atoms with Crippen LogP contribution in [0, 0.1) is 5.92 Å². The van der Waals surface area contributed by atoms with Gasteiger partial charge >= 0.3 is 0 Å². The van der Waals surface area contributed by atoms with E-state index < -0.39 is 0 Å². The minimum absolute atomic E-state index is 0.429. The maximum atomic E-state index is 4.66. The summed E-state index contributed by atoms with van der Waals surface area (Å²) in [5, 5.41) is 3.51. The number of rotatable bonds is 4. The standard InChI is InChI=1S/C20H27N7/c1-16-7-11-26(14-18(16)27-12-9-22-15-27)20(21-2)23-8-6-17-13-25-10-4-3-5-19(25)24-17/h3-5,9-10,12-13,15-16,18H,6-8,11,14H2,1-2H3,(H,21,23). The largest absolute Gasteiger partial charge is 0.356 e. The third kappa shape index (κ3) is 3.82. The number of hydrogen-bond donors (Lipinski definition) is 1. The Balaban J connectivity index is 1.36. The summed E-state index contributed by atoms with van der Waals surface area (Å²) in [6.07, 6.45) is 12.0. The molecule has 0 radical (unpaired) electrons. The monoisotopic (exact) mass is 365 g/mol. The number of aliphatic imine (C=N–C) groups is 1. The number of fused-ring (bicyclic) bond motifs is 1. The zero-order chi connectivity index (χ0) is 18.6. The second kappa shape index (κ2) is 7.82. The summed E-state index contributed by atoms with van der Waals surface area (Å²) in [6, 6.07) is 6.49. The SMILES string of the molecule is CN=C(NCCc1cn2ccccc2n1)N1CCC(C)C(n2ccnc2)C1. The van der Waals surface area contributed by atoms with E-state index in [1.165, 1.54) is 0 Å². The molecule has 0 bridgehead atoms. The summed E-state index contributed by atoms with van der Waals surface area (Å²) >= 11 is 0. The van der Waals surface area contributed by atoms with Gasteiger partial charge in [0.2, 0.25) is 0 Å². The van der Waals surface area contributed by atoms with Gasteiger partial charge in [0.25, 0.3) is 0 Å². The van der Waals surface area contributed by atoms with Gasteiger partial charge < -0.3 is 19.2 Å². The van der Waals surface area contributed by atoms with E-state index in [0.29, 0.717) is 12.0 Å². The van der Waals surface area contributed by atoms with Crippen molar-refractivity contribution in [3.05, 3.63) is 55.0 Å². The minimum atomic E-state index is 0.429. The zero-order valence-electron chi connectivity index (χ0n) is 16.0. The summed E-state index contributed by atoms with van der Waals surface area (Å²) in [6.45, 7) is 5.12. The highest BCUT2D eigenvalue weighted by atomic mass is 15.3. The Morgan fingerprint density at radius 1 is 1.33 bits per heavy atom. The van der Waals surface area contributed by atoms with Crippen molar-refractivity contribution in [3.63, 3.8) is 0 Å². The van der Waals surface area contributed by atoms with Crippen molar-refractivity contribution in [2.24, 2.45) is 10.9 Å². The molecular weight excluding hydrogens is 338 g/mol. The molecule has 2 unspecified atom stereocenters. The fourth-order valence-electron chi connectivity index (χ4n) is 3.84. The highest BCUT2D eigenvalue weighted by Crippen LogP contribution is 2.27. The molecule has 3 aromatic heterocycles. The molecule has 1 aliphatic heterocycles. The third-order valence-corrected chi connectivity index (χ3v) is 5.42. The lowest BCUT2D eigenvalue weighted by molar-refractivity contribution is 0.189. The molecule has 3 aromatic rings. The molecule has 4 rings (SSSR count). The highest BCUT2D eigenvalue weighted by molar-refractivity contribution is 5.80. The van der Waals surface area contributed by atoms with Crippen molar-refractivity contribution in [2.75, 3.05) is 26.7 Å². The molecule has 0 aliphatic carbocycles. The van der Waals surface area contributed by atoms with Crippen LogP contribution in [0.25, 0.3) is 5.65 Å². The van der Waals surface area contributed by atoms with E-state index in [9.17, 15) is 0 Å². The van der Waals surface area contributed by atoms with Gasteiger partial charge in [0.15, 0.2) is 5.96 Å². The van der Waals surface area contributed by atoms with E-state index in [1.807, 2.05) is 44.0 Å². The molecule has 142 valence electrons. The van der Waals surface area contributed by atoms with E-state index in [-0.39, 0.29) is 0 Å². The summed E-state index contributed by atoms with van der Waals surface area (Å²) < 4.78 is 4.28. The van der Waals surface area contributed by atoms with Crippen molar-refractivity contribution >= 4 is 11.6 Å². The molecule has 1 aliphatic rings. The van der Waals surface area contributed by atoms with Crippen molar-refractivity contribution in [2.45, 2.75) is 25.8 Å². The van der Waals surface area contributed by atoms with E-state index in [1.54, 1.807) is 0 Å². The molecule has 0 saturated carbocycles. The second-order valence-electron chi connectivity index (χ2n) is 7.21. The number of imidazole rings is 2. The van der Waals surface area contributed by atoms with Gasteiger partial charge in [-0.25, -0.2) is 9.97 Å². The van der Waals surface area contributed by atoms with Crippen LogP contribution < -0.4 is 5.32 Å². The number of pyridine rings is 1. The van der Waals surface area contributed by atoms with Crippen molar-refractivity contribution in [1.29, 1.82) is 0 Å². The Morgan fingerprint density at radius 2 is 2.26 bits per heavy atom. The lowest BCUT2D eigenvalue weighted by Crippen LogP contribution is -2.49. The van der Waals surface area contributed by atoms with Gasteiger partial charge in [0.1, 0.15) is 5.65 Å². The Hall–Kier alpha value is -2.83. The molecule has 4 heterocycles. The van der Waals surface area contributed by atoms with Crippen LogP contribution in [0.4, 0.5) is 0 Å². The summed E-state index contributed by atoms with van der Waals surface area (Å²) in [5.74, 6) is 1.60. The Kier molecular flexibility index (Phi) is 5.09. The van der Waals surface area contributed by atoms with E-state index in [0.717, 1.165) is 49.8 Å². The second-order valence-corrected chi connectivity index (χ2v) is 7.21. The Morgan fingerprint density at radius 3 is 3.04 bits per heavy atom. The number of nitrogens with zero attached hydrogens (tertiary/aromatic N) is 6. The number of guanidine groups is 1. The first-order chi connectivity index (χ1) is 13.2. The average Bonchev–Trinajstić information content (AvgIpc) is 3.35.